The van der Waals surface area contributed by atoms with Crippen molar-refractivity contribution in [3.63, 3.8) is 0 Å². The van der Waals surface area contributed by atoms with E-state index < -0.39 is 5.97 Å². The van der Waals surface area contributed by atoms with E-state index in [2.05, 4.69) is 41.9 Å². The largest absolute Gasteiger partial charge is 0.465 e. The molecule has 1 aliphatic heterocycles. The minimum Gasteiger partial charge on any atom is -0.465 e. The van der Waals surface area contributed by atoms with Gasteiger partial charge in [0, 0.05) is 25.6 Å². The molecule has 0 spiro atoms. The zero-order valence-corrected chi connectivity index (χ0v) is 18.2. The molecule has 0 saturated carbocycles. The van der Waals surface area contributed by atoms with Crippen LogP contribution in [-0.4, -0.2) is 53.5 Å². The Labute approximate surface area is 176 Å². The number of anilines is 1. The number of carbonyl (C=O) groups is 1. The molecule has 0 N–H and O–H groups in total. The number of aryl methyl sites for hydroxylation is 2. The third-order valence-electron chi connectivity index (χ3n) is 5.91. The zero-order chi connectivity index (χ0) is 21.4. The average molecular weight is 409 g/mol. The SMILES string of the molecule is COC(=O)c1cc(N2CCOC(C)C2)nn2c(Cc3cccc(C)c3C)c(C)nc12. The molecule has 0 bridgehead atoms. The first-order chi connectivity index (χ1) is 14.4. The first-order valence-corrected chi connectivity index (χ1v) is 10.3. The number of morpholine rings is 1. The molecule has 1 fully saturated rings. The lowest BCUT2D eigenvalue weighted by molar-refractivity contribution is 0.0528. The second-order valence-corrected chi connectivity index (χ2v) is 7.95. The van der Waals surface area contributed by atoms with Gasteiger partial charge in [0.2, 0.25) is 0 Å². The molecule has 7 heteroatoms. The Balaban J connectivity index is 1.86. The number of ether oxygens (including phenoxy) is 2. The van der Waals surface area contributed by atoms with E-state index in [1.165, 1.54) is 23.8 Å². The molecular weight excluding hydrogens is 380 g/mol. The fraction of sp³-hybridized carbons (Fsp3) is 0.435. The molecule has 158 valence electrons. The first-order valence-electron chi connectivity index (χ1n) is 10.3. The average Bonchev–Trinajstić information content (AvgIpc) is 3.05. The van der Waals surface area contributed by atoms with Gasteiger partial charge in [-0.3, -0.25) is 0 Å². The summed E-state index contributed by atoms with van der Waals surface area (Å²) in [5, 5.41) is 4.90. The Bertz CT molecular complexity index is 1110. The van der Waals surface area contributed by atoms with Crippen LogP contribution in [0.5, 0.6) is 0 Å². The number of carbonyl (C=O) groups excluding carboxylic acids is 1. The smallest absolute Gasteiger partial charge is 0.341 e. The van der Waals surface area contributed by atoms with E-state index in [1.54, 1.807) is 6.07 Å². The maximum absolute atomic E-state index is 12.6. The van der Waals surface area contributed by atoms with Gasteiger partial charge in [-0.25, -0.2) is 14.3 Å². The third-order valence-corrected chi connectivity index (χ3v) is 5.91. The number of esters is 1. The normalized spacial score (nSPS) is 16.8. The number of fused-ring (bicyclic) bond motifs is 1. The van der Waals surface area contributed by atoms with Crippen molar-refractivity contribution in [1.82, 2.24) is 14.6 Å². The van der Waals surface area contributed by atoms with Gasteiger partial charge >= 0.3 is 5.97 Å². The second kappa shape index (κ2) is 8.07. The number of hydrogen-bond donors (Lipinski definition) is 0. The van der Waals surface area contributed by atoms with Crippen LogP contribution in [0.15, 0.2) is 24.3 Å². The molecular formula is C23H28N4O3. The molecule has 4 rings (SSSR count). The predicted molar refractivity (Wildman–Crippen MR) is 115 cm³/mol. The Hall–Kier alpha value is -2.93. The quantitative estimate of drug-likeness (QED) is 0.617. The molecule has 7 nitrogen and oxygen atoms in total. The highest BCUT2D eigenvalue weighted by molar-refractivity contribution is 5.96. The van der Waals surface area contributed by atoms with Crippen molar-refractivity contribution in [3.8, 4) is 0 Å². The van der Waals surface area contributed by atoms with E-state index in [-0.39, 0.29) is 6.10 Å². The summed E-state index contributed by atoms with van der Waals surface area (Å²) in [5.74, 6) is 0.325. The summed E-state index contributed by atoms with van der Waals surface area (Å²) >= 11 is 0. The molecule has 0 radical (unpaired) electrons. The highest BCUT2D eigenvalue weighted by Crippen LogP contribution is 2.25. The number of aromatic nitrogens is 3. The summed E-state index contributed by atoms with van der Waals surface area (Å²) in [6.45, 7) is 10.3. The van der Waals surface area contributed by atoms with Crippen LogP contribution in [0.3, 0.4) is 0 Å². The topological polar surface area (TPSA) is 69.0 Å². The lowest BCUT2D eigenvalue weighted by Gasteiger charge is -2.32. The van der Waals surface area contributed by atoms with E-state index in [0.29, 0.717) is 24.2 Å². The Morgan fingerprint density at radius 1 is 1.30 bits per heavy atom. The van der Waals surface area contributed by atoms with E-state index in [9.17, 15) is 4.79 Å². The van der Waals surface area contributed by atoms with E-state index in [1.807, 2.05) is 18.4 Å². The molecule has 0 aliphatic carbocycles. The van der Waals surface area contributed by atoms with Crippen molar-refractivity contribution in [1.29, 1.82) is 0 Å². The number of hydrogen-bond acceptors (Lipinski definition) is 6. The van der Waals surface area contributed by atoms with Crippen LogP contribution in [0.1, 0.15) is 45.4 Å². The monoisotopic (exact) mass is 408 g/mol. The molecule has 0 amide bonds. The van der Waals surface area contributed by atoms with Crippen LogP contribution in [0.2, 0.25) is 0 Å². The van der Waals surface area contributed by atoms with Crippen LogP contribution in [0.4, 0.5) is 5.82 Å². The van der Waals surface area contributed by atoms with Gasteiger partial charge in [-0.15, -0.1) is 5.10 Å². The minimum absolute atomic E-state index is 0.108. The molecule has 1 aliphatic rings. The minimum atomic E-state index is -0.409. The highest BCUT2D eigenvalue weighted by Gasteiger charge is 2.24. The summed E-state index contributed by atoms with van der Waals surface area (Å²) in [6, 6.07) is 8.11. The van der Waals surface area contributed by atoms with Crippen molar-refractivity contribution < 1.29 is 14.3 Å². The third kappa shape index (κ3) is 3.65. The lowest BCUT2D eigenvalue weighted by atomic mass is 9.99. The molecule has 1 aromatic carbocycles. The van der Waals surface area contributed by atoms with Crippen LogP contribution in [0, 0.1) is 20.8 Å². The fourth-order valence-corrected chi connectivity index (χ4v) is 3.99. The number of rotatable bonds is 4. The molecule has 1 atom stereocenters. The first kappa shape index (κ1) is 20.3. The molecule has 3 heterocycles. The van der Waals surface area contributed by atoms with Gasteiger partial charge in [0.1, 0.15) is 5.56 Å². The summed E-state index contributed by atoms with van der Waals surface area (Å²) in [4.78, 5) is 19.4. The Morgan fingerprint density at radius 3 is 2.83 bits per heavy atom. The number of imidazole rings is 1. The van der Waals surface area contributed by atoms with Crippen molar-refractivity contribution >= 4 is 17.4 Å². The maximum Gasteiger partial charge on any atom is 0.341 e. The maximum atomic E-state index is 12.6. The van der Waals surface area contributed by atoms with Gasteiger partial charge in [0.05, 0.1) is 31.2 Å². The van der Waals surface area contributed by atoms with E-state index in [0.717, 1.165) is 30.3 Å². The van der Waals surface area contributed by atoms with Crippen molar-refractivity contribution in [2.45, 2.75) is 40.2 Å². The molecule has 3 aromatic rings. The van der Waals surface area contributed by atoms with E-state index >= 15 is 0 Å². The van der Waals surface area contributed by atoms with Gasteiger partial charge in [-0.05, 0) is 44.4 Å². The van der Waals surface area contributed by atoms with Crippen LogP contribution in [-0.2, 0) is 15.9 Å². The summed E-state index contributed by atoms with van der Waals surface area (Å²) in [5.41, 5.74) is 6.55. The highest BCUT2D eigenvalue weighted by atomic mass is 16.5. The molecule has 1 unspecified atom stereocenters. The molecule has 30 heavy (non-hydrogen) atoms. The predicted octanol–water partition coefficient (Wildman–Crippen LogP) is 3.26. The number of nitrogens with zero attached hydrogens (tertiary/aromatic N) is 4. The summed E-state index contributed by atoms with van der Waals surface area (Å²) in [6.07, 6.45) is 0.800. The summed E-state index contributed by atoms with van der Waals surface area (Å²) in [7, 11) is 1.39. The van der Waals surface area contributed by atoms with Gasteiger partial charge < -0.3 is 14.4 Å². The Morgan fingerprint density at radius 2 is 2.10 bits per heavy atom. The van der Waals surface area contributed by atoms with Gasteiger partial charge in [-0.2, -0.15) is 0 Å². The second-order valence-electron chi connectivity index (χ2n) is 7.95. The van der Waals surface area contributed by atoms with E-state index in [4.69, 9.17) is 14.6 Å². The van der Waals surface area contributed by atoms with Crippen molar-refractivity contribution in [2.24, 2.45) is 0 Å². The zero-order valence-electron chi connectivity index (χ0n) is 18.2. The molecule has 1 saturated heterocycles. The number of methoxy groups -OCH3 is 1. The van der Waals surface area contributed by atoms with Crippen LogP contribution in [0.25, 0.3) is 5.65 Å². The number of benzene rings is 1. The lowest BCUT2D eigenvalue weighted by Crippen LogP contribution is -2.41. The van der Waals surface area contributed by atoms with Gasteiger partial charge in [0.25, 0.3) is 0 Å². The van der Waals surface area contributed by atoms with Crippen LogP contribution < -0.4 is 4.90 Å². The van der Waals surface area contributed by atoms with Crippen LogP contribution >= 0.6 is 0 Å². The van der Waals surface area contributed by atoms with Gasteiger partial charge in [-0.1, -0.05) is 18.2 Å². The molecule has 2 aromatic heterocycles. The standard InChI is InChI=1S/C23H28N4O3/c1-14-7-6-8-18(16(14)3)11-20-17(4)24-22-19(23(28)29-5)12-21(25-27(20)22)26-9-10-30-15(2)13-26/h6-8,12,15H,9-11,13H2,1-5H3. The van der Waals surface area contributed by atoms with Crippen molar-refractivity contribution in [2.75, 3.05) is 31.7 Å². The van der Waals surface area contributed by atoms with Gasteiger partial charge in [0.15, 0.2) is 11.5 Å². The Kier molecular flexibility index (Phi) is 5.47. The summed E-state index contributed by atoms with van der Waals surface area (Å²) < 4.78 is 12.5. The van der Waals surface area contributed by atoms with Crippen molar-refractivity contribution in [3.05, 3.63) is 57.9 Å². The fourth-order valence-electron chi connectivity index (χ4n) is 3.99.